The van der Waals surface area contributed by atoms with E-state index in [1.54, 1.807) is 0 Å². The van der Waals surface area contributed by atoms with E-state index in [1.807, 2.05) is 0 Å². The molecule has 3 aliphatic heterocycles. The molecule has 4 heterocycles. The number of fused-ring (bicyclic) bond motifs is 9. The second kappa shape index (κ2) is 13.6. The van der Waals surface area contributed by atoms with Crippen LogP contribution < -0.4 is 26.4 Å². The molecule has 1 aliphatic carbocycles. The van der Waals surface area contributed by atoms with Crippen molar-refractivity contribution in [3.63, 3.8) is 0 Å². The van der Waals surface area contributed by atoms with Gasteiger partial charge in [-0.05, 0) is 128 Å². The zero-order valence-electron chi connectivity index (χ0n) is 38.6. The van der Waals surface area contributed by atoms with Crippen LogP contribution in [0.5, 0.6) is 0 Å². The zero-order valence-corrected chi connectivity index (χ0v) is 38.6. The molecule has 2 atom stereocenters. The maximum atomic E-state index is 7.57. The van der Waals surface area contributed by atoms with Gasteiger partial charge in [-0.3, -0.25) is 0 Å². The molecular formula is C60H57BN2O. The van der Waals surface area contributed by atoms with Crippen LogP contribution in [-0.4, -0.2) is 12.3 Å². The fraction of sp³-hybridized carbons (Fsp3) is 0.267. The van der Waals surface area contributed by atoms with Crippen LogP contribution >= 0.6 is 0 Å². The third-order valence-corrected chi connectivity index (χ3v) is 15.9. The molecule has 4 aliphatic rings. The van der Waals surface area contributed by atoms with Crippen LogP contribution in [0.25, 0.3) is 44.3 Å². The Hall–Kier alpha value is -6.26. The molecule has 0 N–H and O–H groups in total. The third-order valence-electron chi connectivity index (χ3n) is 15.9. The van der Waals surface area contributed by atoms with Gasteiger partial charge in [-0.1, -0.05) is 171 Å². The SMILES string of the molecule is CC(C)(C)c1ccc(N2c3cc(-c4ccccc4)cc4c3B(c3cc(-c5ccccc5)cc5c3N4C3(C)CCCCC53C)c3oc4cc(C(C)(C)C)ccc4c32)c(-c2ccccc2)c1. The molecule has 0 amide bonds. The van der Waals surface area contributed by atoms with Crippen molar-refractivity contribution in [1.82, 2.24) is 0 Å². The Morgan fingerprint density at radius 1 is 0.531 bits per heavy atom. The molecule has 12 rings (SSSR count). The fourth-order valence-corrected chi connectivity index (χ4v) is 12.2. The van der Waals surface area contributed by atoms with E-state index in [0.717, 1.165) is 40.8 Å². The smallest absolute Gasteiger partial charge is 0.297 e. The van der Waals surface area contributed by atoms with Crippen LogP contribution in [0.3, 0.4) is 0 Å². The Kier molecular flexibility index (Phi) is 8.38. The van der Waals surface area contributed by atoms with Gasteiger partial charge in [0.25, 0.3) is 6.71 Å². The normalized spacial score (nSPS) is 19.7. The fourth-order valence-electron chi connectivity index (χ4n) is 12.2. The van der Waals surface area contributed by atoms with Crippen molar-refractivity contribution in [2.75, 3.05) is 9.80 Å². The minimum absolute atomic E-state index is 0.0337. The number of rotatable bonds is 4. The number of benzene rings is 7. The average Bonchev–Trinajstić information content (AvgIpc) is 3.77. The second-order valence-corrected chi connectivity index (χ2v) is 21.7. The van der Waals surface area contributed by atoms with Crippen molar-refractivity contribution in [1.29, 1.82) is 0 Å². The Balaban J connectivity index is 1.25. The van der Waals surface area contributed by atoms with Gasteiger partial charge in [-0.25, -0.2) is 0 Å². The molecule has 2 unspecified atom stereocenters. The number of hydrogen-bond acceptors (Lipinski definition) is 3. The van der Waals surface area contributed by atoms with Crippen LogP contribution in [0.2, 0.25) is 0 Å². The van der Waals surface area contributed by atoms with Crippen molar-refractivity contribution in [2.24, 2.45) is 0 Å². The lowest BCUT2D eigenvalue weighted by atomic mass is 9.35. The molecule has 3 nitrogen and oxygen atoms in total. The molecular weight excluding hydrogens is 775 g/mol. The first-order valence-electron chi connectivity index (χ1n) is 23.6. The first kappa shape index (κ1) is 39.3. The number of hydrogen-bond donors (Lipinski definition) is 0. The van der Waals surface area contributed by atoms with Crippen LogP contribution in [0.15, 0.2) is 156 Å². The highest BCUT2D eigenvalue weighted by atomic mass is 16.3. The van der Waals surface area contributed by atoms with Crippen molar-refractivity contribution in [2.45, 2.75) is 103 Å². The summed E-state index contributed by atoms with van der Waals surface area (Å²) in [7, 11) is 0. The van der Waals surface area contributed by atoms with Crippen molar-refractivity contribution in [3.8, 4) is 33.4 Å². The molecule has 0 radical (unpaired) electrons. The molecule has 4 heteroatoms. The van der Waals surface area contributed by atoms with E-state index in [4.69, 9.17) is 4.42 Å². The van der Waals surface area contributed by atoms with Gasteiger partial charge in [0, 0.05) is 33.4 Å². The maximum absolute atomic E-state index is 7.57. The van der Waals surface area contributed by atoms with Gasteiger partial charge in [-0.15, -0.1) is 0 Å². The van der Waals surface area contributed by atoms with Gasteiger partial charge >= 0.3 is 0 Å². The summed E-state index contributed by atoms with van der Waals surface area (Å²) in [5.74, 6) is 0. The van der Waals surface area contributed by atoms with E-state index in [0.29, 0.717) is 0 Å². The second-order valence-electron chi connectivity index (χ2n) is 21.7. The third kappa shape index (κ3) is 5.53. The monoisotopic (exact) mass is 832 g/mol. The first-order valence-corrected chi connectivity index (χ1v) is 23.6. The minimum atomic E-state index is -0.129. The van der Waals surface area contributed by atoms with Gasteiger partial charge in [0.2, 0.25) is 0 Å². The van der Waals surface area contributed by atoms with Crippen molar-refractivity contribution >= 4 is 62.7 Å². The predicted octanol–water partition coefficient (Wildman–Crippen LogP) is 14.4. The highest BCUT2D eigenvalue weighted by Crippen LogP contribution is 2.63. The largest absolute Gasteiger partial charge is 0.468 e. The first-order chi connectivity index (χ1) is 30.7. The summed E-state index contributed by atoms with van der Waals surface area (Å²) in [5.41, 5.74) is 22.1. The van der Waals surface area contributed by atoms with E-state index in [-0.39, 0.29) is 28.5 Å². The summed E-state index contributed by atoms with van der Waals surface area (Å²) >= 11 is 0. The molecule has 0 saturated heterocycles. The summed E-state index contributed by atoms with van der Waals surface area (Å²) in [6.07, 6.45) is 4.75. The molecule has 8 aromatic rings. The lowest BCUT2D eigenvalue weighted by Gasteiger charge is -2.52. The van der Waals surface area contributed by atoms with E-state index in [1.165, 1.54) is 90.9 Å². The summed E-state index contributed by atoms with van der Waals surface area (Å²) in [5, 5.41) is 1.14. The van der Waals surface area contributed by atoms with E-state index < -0.39 is 0 Å². The molecule has 1 saturated carbocycles. The number of furan rings is 1. The number of anilines is 5. The quantitative estimate of drug-likeness (QED) is 0.165. The van der Waals surface area contributed by atoms with Crippen LogP contribution in [0.4, 0.5) is 28.4 Å². The van der Waals surface area contributed by atoms with Gasteiger partial charge in [-0.2, -0.15) is 0 Å². The molecule has 64 heavy (non-hydrogen) atoms. The highest BCUT2D eigenvalue weighted by Gasteiger charge is 2.62. The van der Waals surface area contributed by atoms with Crippen LogP contribution in [0.1, 0.15) is 97.8 Å². The van der Waals surface area contributed by atoms with Crippen molar-refractivity contribution in [3.05, 3.63) is 168 Å². The van der Waals surface area contributed by atoms with Gasteiger partial charge in [0.05, 0.1) is 22.6 Å². The Morgan fingerprint density at radius 3 is 1.77 bits per heavy atom. The average molecular weight is 833 g/mol. The van der Waals surface area contributed by atoms with Gasteiger partial charge < -0.3 is 14.2 Å². The highest BCUT2D eigenvalue weighted by molar-refractivity contribution is 7.00. The molecule has 0 bridgehead atoms. The summed E-state index contributed by atoms with van der Waals surface area (Å²) in [6.45, 7) is 18.9. The predicted molar refractivity (Wildman–Crippen MR) is 272 cm³/mol. The summed E-state index contributed by atoms with van der Waals surface area (Å²) in [6, 6.07) is 57.5. The maximum Gasteiger partial charge on any atom is 0.297 e. The molecule has 7 aromatic carbocycles. The van der Waals surface area contributed by atoms with Crippen LogP contribution in [-0.2, 0) is 16.2 Å². The van der Waals surface area contributed by atoms with E-state index in [2.05, 4.69) is 217 Å². The minimum Gasteiger partial charge on any atom is -0.468 e. The Labute approximate surface area is 379 Å². The van der Waals surface area contributed by atoms with Crippen molar-refractivity contribution < 1.29 is 4.42 Å². The van der Waals surface area contributed by atoms with Gasteiger partial charge in [0.1, 0.15) is 5.58 Å². The van der Waals surface area contributed by atoms with E-state index >= 15 is 0 Å². The molecule has 1 fully saturated rings. The molecule has 1 aromatic heterocycles. The van der Waals surface area contributed by atoms with E-state index in [9.17, 15) is 0 Å². The Morgan fingerprint density at radius 2 is 1.11 bits per heavy atom. The standard InChI is InChI=1S/C60H57BN2O/c1-57(2,3)43-27-29-49(46(36-43)40-24-16-11-17-25-40)62-50-34-42(39-22-14-10-15-23-39)35-51-53(50)61(56-54(62)45-28-26-44(58(4,5)6)37-52(45)64-56)48-33-41(38-20-12-9-13-21-38)32-47-55(48)63(51)60(8)31-19-18-30-59(47,60)7/h9-17,20-29,32-37H,18-19,30-31H2,1-8H3. The zero-order chi connectivity index (χ0) is 43.9. The number of nitrogens with zero attached hydrogens (tertiary/aromatic N) is 2. The molecule has 316 valence electrons. The van der Waals surface area contributed by atoms with Crippen LogP contribution in [0, 0.1) is 0 Å². The Bertz CT molecular complexity index is 3170. The topological polar surface area (TPSA) is 19.6 Å². The molecule has 0 spiro atoms. The lowest BCUT2D eigenvalue weighted by molar-refractivity contribution is 0.195. The summed E-state index contributed by atoms with van der Waals surface area (Å²) < 4.78 is 7.57. The summed E-state index contributed by atoms with van der Waals surface area (Å²) in [4.78, 5) is 5.46. The van der Waals surface area contributed by atoms with Gasteiger partial charge in [0.15, 0.2) is 0 Å². The lowest BCUT2D eigenvalue weighted by Crippen LogP contribution is -2.64.